The Morgan fingerprint density at radius 3 is 2.87 bits per heavy atom. The van der Waals surface area contributed by atoms with Crippen molar-refractivity contribution >= 4 is 48.4 Å². The molecule has 0 aliphatic carbocycles. The number of nitrogens with one attached hydrogen (secondary N) is 1. The zero-order valence-electron chi connectivity index (χ0n) is 11.9. The minimum atomic E-state index is -4.12. The number of hydrogen-bond donors (Lipinski definition) is 1. The van der Waals surface area contributed by atoms with E-state index in [-0.39, 0.29) is 16.6 Å². The third kappa shape index (κ3) is 4.72. The van der Waals surface area contributed by atoms with Gasteiger partial charge < -0.3 is 4.74 Å². The number of halogens is 2. The number of benzene rings is 1. The fourth-order valence-corrected chi connectivity index (χ4v) is 3.90. The van der Waals surface area contributed by atoms with Crippen LogP contribution in [0.5, 0.6) is 5.06 Å². The molecule has 0 saturated carbocycles. The van der Waals surface area contributed by atoms with E-state index in [0.29, 0.717) is 10.9 Å². The molecule has 1 aromatic heterocycles. The number of rotatable bonds is 6. The molecule has 124 valence electrons. The van der Waals surface area contributed by atoms with E-state index in [2.05, 4.69) is 25.6 Å². The summed E-state index contributed by atoms with van der Waals surface area (Å²) >= 11 is 3.90. The molecule has 0 unspecified atom stereocenters. The maximum Gasteiger partial charge on any atom is 0.312 e. The van der Waals surface area contributed by atoms with E-state index in [4.69, 9.17) is 4.74 Å². The molecule has 0 spiro atoms. The van der Waals surface area contributed by atoms with Gasteiger partial charge in [-0.05, 0) is 24.6 Å². The van der Waals surface area contributed by atoms with Gasteiger partial charge in [0.15, 0.2) is 5.13 Å². The van der Waals surface area contributed by atoms with Crippen molar-refractivity contribution in [3.8, 4) is 5.06 Å². The first-order chi connectivity index (χ1) is 10.8. The van der Waals surface area contributed by atoms with Gasteiger partial charge in [-0.25, -0.2) is 17.8 Å². The molecule has 10 heteroatoms. The summed E-state index contributed by atoms with van der Waals surface area (Å²) in [7, 11) is -4.12. The average molecular weight is 423 g/mol. The van der Waals surface area contributed by atoms with Crippen molar-refractivity contribution in [2.24, 2.45) is 0 Å². The number of esters is 1. The van der Waals surface area contributed by atoms with Gasteiger partial charge in [-0.15, -0.1) is 0 Å². The molecule has 0 radical (unpaired) electrons. The van der Waals surface area contributed by atoms with Crippen LogP contribution in [0, 0.1) is 5.82 Å². The molecule has 0 saturated heterocycles. The molecule has 0 bridgehead atoms. The molecule has 1 heterocycles. The zero-order chi connectivity index (χ0) is 17.0. The van der Waals surface area contributed by atoms with Crippen molar-refractivity contribution in [1.82, 2.24) is 4.98 Å². The number of nitrogens with zero attached hydrogens (tertiary/aromatic N) is 1. The number of aromatic nitrogens is 1. The van der Waals surface area contributed by atoms with Crippen LogP contribution >= 0.6 is 27.3 Å². The van der Waals surface area contributed by atoms with E-state index in [1.54, 1.807) is 0 Å². The maximum absolute atomic E-state index is 13.8. The monoisotopic (exact) mass is 422 g/mol. The third-order valence-corrected chi connectivity index (χ3v) is 5.34. The summed E-state index contributed by atoms with van der Waals surface area (Å²) in [5.41, 5.74) is 0. The Bertz CT molecular complexity index is 823. The summed E-state index contributed by atoms with van der Waals surface area (Å²) in [6.07, 6.45) is 2.12. The molecule has 0 atom stereocenters. The van der Waals surface area contributed by atoms with E-state index in [1.807, 2.05) is 6.92 Å². The molecule has 0 fully saturated rings. The van der Waals surface area contributed by atoms with Gasteiger partial charge in [-0.1, -0.05) is 34.2 Å². The molecule has 1 aromatic carbocycles. The Morgan fingerprint density at radius 1 is 1.48 bits per heavy atom. The lowest BCUT2D eigenvalue weighted by atomic mass is 10.3. The van der Waals surface area contributed by atoms with Gasteiger partial charge in [0.05, 0.1) is 6.20 Å². The first kappa shape index (κ1) is 17.8. The summed E-state index contributed by atoms with van der Waals surface area (Å²) in [6.45, 7) is 1.83. The molecule has 2 aromatic rings. The summed E-state index contributed by atoms with van der Waals surface area (Å²) < 4.78 is 45.7. The molecule has 1 N–H and O–H groups in total. The van der Waals surface area contributed by atoms with Crippen LogP contribution in [0.15, 0.2) is 33.8 Å². The van der Waals surface area contributed by atoms with Gasteiger partial charge in [0, 0.05) is 10.9 Å². The first-order valence-corrected chi connectivity index (χ1v) is 9.55. The van der Waals surface area contributed by atoms with Crippen LogP contribution in [0.3, 0.4) is 0 Å². The van der Waals surface area contributed by atoms with E-state index in [1.165, 1.54) is 12.3 Å². The lowest BCUT2D eigenvalue weighted by Gasteiger charge is -2.06. The minimum Gasteiger partial charge on any atom is -0.414 e. The second kappa shape index (κ2) is 7.37. The SMILES string of the molecule is CCCC(=O)Oc1cnc(NS(=O)(=O)c2ccc(Br)cc2F)s1. The highest BCUT2D eigenvalue weighted by atomic mass is 79.9. The van der Waals surface area contributed by atoms with Crippen molar-refractivity contribution in [2.45, 2.75) is 24.7 Å². The molecule has 0 aliphatic heterocycles. The number of carbonyl (C=O) groups excluding carboxylic acids is 1. The van der Waals surface area contributed by atoms with Gasteiger partial charge >= 0.3 is 5.97 Å². The van der Waals surface area contributed by atoms with Crippen molar-refractivity contribution < 1.29 is 22.3 Å². The van der Waals surface area contributed by atoms with Crippen LogP contribution in [0.4, 0.5) is 9.52 Å². The van der Waals surface area contributed by atoms with Crippen molar-refractivity contribution in [2.75, 3.05) is 4.72 Å². The third-order valence-electron chi connectivity index (χ3n) is 2.56. The van der Waals surface area contributed by atoms with Crippen LogP contribution < -0.4 is 9.46 Å². The van der Waals surface area contributed by atoms with E-state index in [9.17, 15) is 17.6 Å². The van der Waals surface area contributed by atoms with Gasteiger partial charge in [0.25, 0.3) is 10.0 Å². The first-order valence-electron chi connectivity index (χ1n) is 6.46. The second-order valence-electron chi connectivity index (χ2n) is 4.39. The van der Waals surface area contributed by atoms with Crippen molar-refractivity contribution in [3.05, 3.63) is 34.7 Å². The highest BCUT2D eigenvalue weighted by Gasteiger charge is 2.21. The normalized spacial score (nSPS) is 11.3. The smallest absolute Gasteiger partial charge is 0.312 e. The van der Waals surface area contributed by atoms with Crippen molar-refractivity contribution in [1.29, 1.82) is 0 Å². The predicted molar refractivity (Wildman–Crippen MR) is 87.6 cm³/mol. The molecule has 2 rings (SSSR count). The fourth-order valence-electron chi connectivity index (χ4n) is 1.58. The Kier molecular flexibility index (Phi) is 5.71. The average Bonchev–Trinajstić information content (AvgIpc) is 2.84. The fraction of sp³-hybridized carbons (Fsp3) is 0.231. The van der Waals surface area contributed by atoms with Crippen LogP contribution in [-0.2, 0) is 14.8 Å². The van der Waals surface area contributed by atoms with E-state index < -0.39 is 26.7 Å². The standard InChI is InChI=1S/C13H12BrFN2O4S2/c1-2-3-11(18)21-12-7-16-13(22-12)17-23(19,20)10-5-4-8(14)6-9(10)15/h4-7H,2-3H2,1H3,(H,16,17). The number of ether oxygens (including phenoxy) is 1. The number of anilines is 1. The lowest BCUT2D eigenvalue weighted by Crippen LogP contribution is -2.14. The summed E-state index contributed by atoms with van der Waals surface area (Å²) in [5.74, 6) is -1.32. The molecular formula is C13H12BrFN2O4S2. The van der Waals surface area contributed by atoms with Crippen LogP contribution in [0.25, 0.3) is 0 Å². The maximum atomic E-state index is 13.8. The Hall–Kier alpha value is -1.52. The Labute approximate surface area is 144 Å². The van der Waals surface area contributed by atoms with Crippen LogP contribution in [0.1, 0.15) is 19.8 Å². The minimum absolute atomic E-state index is 0.0217. The van der Waals surface area contributed by atoms with E-state index >= 15 is 0 Å². The van der Waals surface area contributed by atoms with Gasteiger partial charge in [0.2, 0.25) is 5.06 Å². The largest absolute Gasteiger partial charge is 0.414 e. The summed E-state index contributed by atoms with van der Waals surface area (Å²) in [6, 6.07) is 3.60. The second-order valence-corrected chi connectivity index (χ2v) is 7.95. The highest BCUT2D eigenvalue weighted by Crippen LogP contribution is 2.29. The van der Waals surface area contributed by atoms with Crippen LogP contribution in [0.2, 0.25) is 0 Å². The van der Waals surface area contributed by atoms with Crippen LogP contribution in [-0.4, -0.2) is 19.4 Å². The number of sulfonamides is 1. The van der Waals surface area contributed by atoms with E-state index in [0.717, 1.165) is 23.5 Å². The van der Waals surface area contributed by atoms with Gasteiger partial charge in [0.1, 0.15) is 10.7 Å². The summed E-state index contributed by atoms with van der Waals surface area (Å²) in [4.78, 5) is 14.7. The van der Waals surface area contributed by atoms with Gasteiger partial charge in [-0.3, -0.25) is 9.52 Å². The molecule has 0 aliphatic rings. The number of hydrogen-bond acceptors (Lipinski definition) is 6. The van der Waals surface area contributed by atoms with Crippen molar-refractivity contribution in [3.63, 3.8) is 0 Å². The lowest BCUT2D eigenvalue weighted by molar-refractivity contribution is -0.134. The number of thiazole rings is 1. The molecule has 0 amide bonds. The molecule has 23 heavy (non-hydrogen) atoms. The molecular weight excluding hydrogens is 411 g/mol. The Morgan fingerprint density at radius 2 is 2.22 bits per heavy atom. The zero-order valence-corrected chi connectivity index (χ0v) is 15.1. The Balaban J connectivity index is 2.15. The number of carbonyl (C=O) groups is 1. The topological polar surface area (TPSA) is 85.4 Å². The predicted octanol–water partition coefficient (Wildman–Crippen LogP) is 3.55. The highest BCUT2D eigenvalue weighted by molar-refractivity contribution is 9.10. The van der Waals surface area contributed by atoms with Gasteiger partial charge in [-0.2, -0.15) is 0 Å². The quantitative estimate of drug-likeness (QED) is 0.719. The summed E-state index contributed by atoms with van der Waals surface area (Å²) in [5, 5.41) is 0.143. The molecule has 6 nitrogen and oxygen atoms in total.